The van der Waals surface area contributed by atoms with Crippen molar-refractivity contribution in [2.45, 2.75) is 52.1 Å². The van der Waals surface area contributed by atoms with Crippen LogP contribution in [0.1, 0.15) is 56.6 Å². The second kappa shape index (κ2) is 10.2. The van der Waals surface area contributed by atoms with E-state index in [0.29, 0.717) is 19.6 Å². The molecule has 1 aromatic carbocycles. The number of hydrogen-bond acceptors (Lipinski definition) is 3. The molecule has 0 aliphatic carbocycles. The van der Waals surface area contributed by atoms with Crippen molar-refractivity contribution in [2.75, 3.05) is 6.61 Å². The lowest BCUT2D eigenvalue weighted by molar-refractivity contribution is -0.145. The summed E-state index contributed by atoms with van der Waals surface area (Å²) in [5.41, 5.74) is 4.37. The molecule has 0 bridgehead atoms. The first kappa shape index (κ1) is 18.6. The highest BCUT2D eigenvalue weighted by atomic mass is 35.5. The fourth-order valence-corrected chi connectivity index (χ4v) is 2.67. The van der Waals surface area contributed by atoms with E-state index < -0.39 is 0 Å². The Labute approximate surface area is 149 Å². The smallest absolute Gasteiger partial charge is 0.306 e. The highest BCUT2D eigenvalue weighted by Crippen LogP contribution is 2.26. The Hall–Kier alpha value is -1.74. The lowest BCUT2D eigenvalue weighted by Gasteiger charge is -2.09. The molecule has 0 saturated carbocycles. The maximum Gasteiger partial charge on any atom is 0.306 e. The normalized spacial score (nSPS) is 14.8. The van der Waals surface area contributed by atoms with Crippen molar-refractivity contribution >= 4 is 23.6 Å². The molecule has 2 rings (SSSR count). The van der Waals surface area contributed by atoms with Gasteiger partial charge in [0.15, 0.2) is 0 Å². The van der Waals surface area contributed by atoms with Crippen molar-refractivity contribution in [3.05, 3.63) is 46.5 Å². The number of carbonyl (C=O) groups excluding carboxylic acids is 1. The molecule has 1 aliphatic heterocycles. The maximum atomic E-state index is 11.8. The summed E-state index contributed by atoms with van der Waals surface area (Å²) in [5, 5.41) is 0. The molecule has 0 radical (unpaired) electrons. The quantitative estimate of drug-likeness (QED) is 0.452. The van der Waals surface area contributed by atoms with Crippen LogP contribution in [-0.2, 0) is 16.1 Å². The number of unbranched alkanes of at least 4 members (excludes halogenated alkanes) is 4. The molecule has 1 aromatic rings. The van der Waals surface area contributed by atoms with Gasteiger partial charge < -0.3 is 9.47 Å². The van der Waals surface area contributed by atoms with Gasteiger partial charge in [-0.1, -0.05) is 62.4 Å². The highest BCUT2D eigenvalue weighted by molar-refractivity contribution is 6.25. The second-order valence-electron chi connectivity index (χ2n) is 6.00. The summed E-state index contributed by atoms with van der Waals surface area (Å²) in [7, 11) is 0. The van der Waals surface area contributed by atoms with E-state index in [9.17, 15) is 4.79 Å². The largest absolute Gasteiger partial charge is 0.488 e. The predicted molar refractivity (Wildman–Crippen MR) is 98.1 cm³/mol. The van der Waals surface area contributed by atoms with Crippen LogP contribution >= 0.6 is 11.6 Å². The fourth-order valence-electron chi connectivity index (χ4n) is 2.53. The number of halogens is 1. The summed E-state index contributed by atoms with van der Waals surface area (Å²) in [6, 6.07) is 5.82. The van der Waals surface area contributed by atoms with Crippen LogP contribution in [0.5, 0.6) is 5.75 Å². The molecule has 1 aliphatic rings. The number of rotatable bonds is 8. The fraction of sp³-hybridized carbons (Fsp3) is 0.450. The van der Waals surface area contributed by atoms with Gasteiger partial charge in [-0.15, -0.1) is 0 Å². The van der Waals surface area contributed by atoms with Crippen molar-refractivity contribution < 1.29 is 14.3 Å². The predicted octanol–water partition coefficient (Wildman–Crippen LogP) is 5.62. The SMILES string of the molecule is CCCCCCCC(=O)OCc1ccc2c(c1)C=C/C(=C\Cl)CO2. The van der Waals surface area contributed by atoms with E-state index in [1.165, 1.54) is 24.8 Å². The standard InChI is InChI=1S/C20H25ClO3/c1-2-3-4-5-6-7-20(22)24-14-16-9-11-19-18(12-16)10-8-17(13-21)15-23-19/h8-13H,2-7,14-15H2,1H3/b17-13+. The maximum absolute atomic E-state index is 11.8. The minimum Gasteiger partial charge on any atom is -0.488 e. The molecule has 0 N–H and O–H groups in total. The molecule has 130 valence electrons. The van der Waals surface area contributed by atoms with E-state index in [1.807, 2.05) is 30.4 Å². The molecule has 0 saturated heterocycles. The Morgan fingerprint density at radius 3 is 2.88 bits per heavy atom. The van der Waals surface area contributed by atoms with Crippen molar-refractivity contribution in [3.63, 3.8) is 0 Å². The molecular formula is C20H25ClO3. The van der Waals surface area contributed by atoms with Crippen LogP contribution in [0.3, 0.4) is 0 Å². The number of esters is 1. The van der Waals surface area contributed by atoms with Gasteiger partial charge in [0.2, 0.25) is 0 Å². The number of fused-ring (bicyclic) bond motifs is 1. The summed E-state index contributed by atoms with van der Waals surface area (Å²) >= 11 is 5.73. The van der Waals surface area contributed by atoms with Crippen molar-refractivity contribution in [1.82, 2.24) is 0 Å². The number of benzene rings is 1. The Kier molecular flexibility index (Phi) is 7.90. The van der Waals surface area contributed by atoms with Gasteiger partial charge in [-0.2, -0.15) is 0 Å². The zero-order valence-electron chi connectivity index (χ0n) is 14.2. The van der Waals surface area contributed by atoms with E-state index >= 15 is 0 Å². The summed E-state index contributed by atoms with van der Waals surface area (Å²) < 4.78 is 11.1. The molecule has 0 amide bonds. The van der Waals surface area contributed by atoms with Crippen LogP contribution in [0.15, 0.2) is 35.4 Å². The van der Waals surface area contributed by atoms with E-state index in [-0.39, 0.29) is 5.97 Å². The van der Waals surface area contributed by atoms with Gasteiger partial charge in [-0.25, -0.2) is 0 Å². The monoisotopic (exact) mass is 348 g/mol. The summed E-state index contributed by atoms with van der Waals surface area (Å²) in [6.07, 6.45) is 10.1. The summed E-state index contributed by atoms with van der Waals surface area (Å²) in [6.45, 7) is 2.94. The number of ether oxygens (including phenoxy) is 2. The van der Waals surface area contributed by atoms with Crippen LogP contribution in [0.25, 0.3) is 6.08 Å². The van der Waals surface area contributed by atoms with Gasteiger partial charge >= 0.3 is 5.97 Å². The zero-order chi connectivity index (χ0) is 17.2. The van der Waals surface area contributed by atoms with Crippen LogP contribution < -0.4 is 4.74 Å². The van der Waals surface area contributed by atoms with Crippen LogP contribution in [-0.4, -0.2) is 12.6 Å². The third-order valence-electron chi connectivity index (χ3n) is 3.97. The third-order valence-corrected chi connectivity index (χ3v) is 4.25. The Bertz CT molecular complexity index is 605. The van der Waals surface area contributed by atoms with Gasteiger partial charge in [0.25, 0.3) is 0 Å². The highest BCUT2D eigenvalue weighted by Gasteiger charge is 2.09. The molecule has 0 fully saturated rings. The van der Waals surface area contributed by atoms with Crippen LogP contribution in [0, 0.1) is 0 Å². The Morgan fingerprint density at radius 1 is 1.25 bits per heavy atom. The van der Waals surface area contributed by atoms with Gasteiger partial charge in [0.05, 0.1) is 0 Å². The zero-order valence-corrected chi connectivity index (χ0v) is 15.0. The van der Waals surface area contributed by atoms with Gasteiger partial charge in [-0.3, -0.25) is 4.79 Å². The Balaban J connectivity index is 1.81. The average Bonchev–Trinajstić information content (AvgIpc) is 2.81. The molecule has 0 atom stereocenters. The van der Waals surface area contributed by atoms with E-state index in [0.717, 1.165) is 35.3 Å². The molecule has 0 unspecified atom stereocenters. The molecule has 24 heavy (non-hydrogen) atoms. The van der Waals surface area contributed by atoms with Gasteiger partial charge in [-0.05, 0) is 24.1 Å². The number of hydrogen-bond donors (Lipinski definition) is 0. The van der Waals surface area contributed by atoms with Gasteiger partial charge in [0.1, 0.15) is 19.0 Å². The molecule has 1 heterocycles. The van der Waals surface area contributed by atoms with E-state index in [2.05, 4.69) is 6.92 Å². The first-order valence-corrected chi connectivity index (χ1v) is 9.05. The molecule has 3 nitrogen and oxygen atoms in total. The second-order valence-corrected chi connectivity index (χ2v) is 6.22. The van der Waals surface area contributed by atoms with E-state index in [1.54, 1.807) is 0 Å². The van der Waals surface area contributed by atoms with E-state index in [4.69, 9.17) is 21.1 Å². The minimum atomic E-state index is -0.124. The van der Waals surface area contributed by atoms with Crippen LogP contribution in [0.2, 0.25) is 0 Å². The molecule has 4 heteroatoms. The van der Waals surface area contributed by atoms with Crippen LogP contribution in [0.4, 0.5) is 0 Å². The lowest BCUT2D eigenvalue weighted by atomic mass is 10.1. The van der Waals surface area contributed by atoms with Crippen molar-refractivity contribution in [3.8, 4) is 5.75 Å². The first-order chi connectivity index (χ1) is 11.7. The van der Waals surface area contributed by atoms with Crippen molar-refractivity contribution in [2.24, 2.45) is 0 Å². The van der Waals surface area contributed by atoms with Crippen molar-refractivity contribution in [1.29, 1.82) is 0 Å². The topological polar surface area (TPSA) is 35.5 Å². The molecule has 0 spiro atoms. The minimum absolute atomic E-state index is 0.124. The lowest BCUT2D eigenvalue weighted by Crippen LogP contribution is -2.05. The number of carbonyl (C=O) groups is 1. The summed E-state index contributed by atoms with van der Waals surface area (Å²) in [5.74, 6) is 0.686. The summed E-state index contributed by atoms with van der Waals surface area (Å²) in [4.78, 5) is 11.8. The average molecular weight is 349 g/mol. The molecular weight excluding hydrogens is 324 g/mol. The van der Waals surface area contributed by atoms with Gasteiger partial charge in [0, 0.05) is 23.1 Å². The third kappa shape index (κ3) is 6.04. The Morgan fingerprint density at radius 2 is 2.08 bits per heavy atom. The molecule has 0 aromatic heterocycles. The first-order valence-electron chi connectivity index (χ1n) is 8.61.